The summed E-state index contributed by atoms with van der Waals surface area (Å²) in [6.45, 7) is 4.11. The van der Waals surface area contributed by atoms with E-state index in [4.69, 9.17) is 9.72 Å². The monoisotopic (exact) mass is 419 g/mol. The zero-order valence-corrected chi connectivity index (χ0v) is 18.3. The van der Waals surface area contributed by atoms with Crippen LogP contribution in [0.2, 0.25) is 0 Å². The molecule has 7 heteroatoms. The highest BCUT2D eigenvalue weighted by atomic mass is 16.5. The third-order valence-corrected chi connectivity index (χ3v) is 5.84. The van der Waals surface area contributed by atoms with Crippen LogP contribution in [-0.2, 0) is 6.42 Å². The van der Waals surface area contributed by atoms with Gasteiger partial charge in [0.25, 0.3) is 5.91 Å². The number of likely N-dealkylation sites (tertiary alicyclic amines) is 1. The summed E-state index contributed by atoms with van der Waals surface area (Å²) >= 11 is 0. The fourth-order valence-corrected chi connectivity index (χ4v) is 3.95. The number of para-hydroxylation sites is 1. The van der Waals surface area contributed by atoms with E-state index < -0.39 is 0 Å². The Bertz CT molecular complexity index is 1080. The van der Waals surface area contributed by atoms with Crippen molar-refractivity contribution in [1.82, 2.24) is 20.2 Å². The largest absolute Gasteiger partial charge is 0.495 e. The highest BCUT2D eigenvalue weighted by molar-refractivity contribution is 5.96. The van der Waals surface area contributed by atoms with Crippen LogP contribution in [0.15, 0.2) is 42.6 Å². The molecule has 3 aromatic rings. The number of amides is 1. The number of aromatic nitrogens is 2. The molecule has 7 nitrogen and oxygen atoms in total. The summed E-state index contributed by atoms with van der Waals surface area (Å²) in [5, 5.41) is 7.40. The average molecular weight is 420 g/mol. The molecule has 0 atom stereocenters. The van der Waals surface area contributed by atoms with E-state index in [-0.39, 0.29) is 11.9 Å². The van der Waals surface area contributed by atoms with Gasteiger partial charge < -0.3 is 20.3 Å². The zero-order chi connectivity index (χ0) is 21.8. The summed E-state index contributed by atoms with van der Waals surface area (Å²) in [4.78, 5) is 24.3. The number of benzene rings is 2. The quantitative estimate of drug-likeness (QED) is 0.633. The molecule has 1 aromatic heterocycles. The molecule has 162 valence electrons. The Morgan fingerprint density at radius 2 is 2.03 bits per heavy atom. The minimum Gasteiger partial charge on any atom is -0.495 e. The number of methoxy groups -OCH3 is 1. The molecule has 0 bridgehead atoms. The molecule has 4 rings (SSSR count). The number of hydrogen-bond donors (Lipinski definition) is 2. The second-order valence-electron chi connectivity index (χ2n) is 7.99. The highest BCUT2D eigenvalue weighted by Gasteiger charge is 2.20. The molecule has 2 N–H and O–H groups in total. The van der Waals surface area contributed by atoms with Gasteiger partial charge in [0.2, 0.25) is 5.95 Å². The lowest BCUT2D eigenvalue weighted by molar-refractivity contribution is 0.0917. The third-order valence-electron chi connectivity index (χ3n) is 5.84. The summed E-state index contributed by atoms with van der Waals surface area (Å²) < 4.78 is 5.49. The van der Waals surface area contributed by atoms with E-state index in [0.29, 0.717) is 22.9 Å². The Hall–Kier alpha value is -3.19. The van der Waals surface area contributed by atoms with E-state index in [0.717, 1.165) is 43.3 Å². The van der Waals surface area contributed by atoms with Gasteiger partial charge >= 0.3 is 0 Å². The number of carbonyl (C=O) groups excluding carboxylic acids is 1. The summed E-state index contributed by atoms with van der Waals surface area (Å²) in [6.07, 6.45) is 4.64. The first-order valence-corrected chi connectivity index (χ1v) is 10.8. The van der Waals surface area contributed by atoms with Crippen LogP contribution in [-0.4, -0.2) is 54.1 Å². The minimum atomic E-state index is -0.0760. The number of carbonyl (C=O) groups is 1. The van der Waals surface area contributed by atoms with Gasteiger partial charge in [-0.25, -0.2) is 9.97 Å². The maximum Gasteiger partial charge on any atom is 0.251 e. The summed E-state index contributed by atoms with van der Waals surface area (Å²) in [6, 6.07) is 11.7. The number of anilines is 2. The van der Waals surface area contributed by atoms with Crippen LogP contribution in [0.5, 0.6) is 5.75 Å². The van der Waals surface area contributed by atoms with Crippen LogP contribution in [0.25, 0.3) is 10.9 Å². The topological polar surface area (TPSA) is 79.4 Å². The number of rotatable bonds is 6. The number of nitrogens with one attached hydrogen (secondary N) is 2. The third kappa shape index (κ3) is 4.77. The van der Waals surface area contributed by atoms with Crippen molar-refractivity contribution >= 4 is 28.4 Å². The lowest BCUT2D eigenvalue weighted by atomic mass is 10.0. The number of piperidine rings is 1. The summed E-state index contributed by atoms with van der Waals surface area (Å²) in [7, 11) is 3.72. The molecule has 0 saturated carbocycles. The minimum absolute atomic E-state index is 0.0760. The Labute approximate surface area is 182 Å². The molecule has 2 heterocycles. The summed E-state index contributed by atoms with van der Waals surface area (Å²) in [5.41, 5.74) is 3.34. The molecular weight excluding hydrogens is 390 g/mol. The van der Waals surface area contributed by atoms with Crippen molar-refractivity contribution in [3.05, 3.63) is 53.7 Å². The first-order valence-electron chi connectivity index (χ1n) is 10.8. The molecule has 1 saturated heterocycles. The standard InChI is InChI=1S/C24H29N5O2/c1-4-16-6-5-7-18-15-25-24(28-22(16)18)27-20-14-17(8-9-21(20)31-3)23(30)26-19-10-12-29(2)13-11-19/h5-9,14-15,19H,4,10-13H2,1-3H3,(H,26,30)(H,25,27,28). The Morgan fingerprint density at radius 3 is 2.77 bits per heavy atom. The van der Waals surface area contributed by atoms with Gasteiger partial charge in [-0.2, -0.15) is 0 Å². The number of hydrogen-bond acceptors (Lipinski definition) is 6. The molecule has 31 heavy (non-hydrogen) atoms. The van der Waals surface area contributed by atoms with Crippen molar-refractivity contribution in [3.63, 3.8) is 0 Å². The maximum absolute atomic E-state index is 12.8. The van der Waals surface area contributed by atoms with Gasteiger partial charge in [-0.1, -0.05) is 25.1 Å². The van der Waals surface area contributed by atoms with Crippen molar-refractivity contribution in [2.24, 2.45) is 0 Å². The van der Waals surface area contributed by atoms with E-state index in [1.807, 2.05) is 18.3 Å². The Balaban J connectivity index is 1.56. The molecule has 1 aliphatic heterocycles. The number of nitrogens with zero attached hydrogens (tertiary/aromatic N) is 3. The molecule has 0 unspecified atom stereocenters. The SMILES string of the molecule is CCc1cccc2cnc(Nc3cc(C(=O)NC4CCN(C)CC4)ccc3OC)nc12. The Morgan fingerprint density at radius 1 is 1.23 bits per heavy atom. The molecule has 0 aliphatic carbocycles. The molecule has 0 spiro atoms. The molecular formula is C24H29N5O2. The van der Waals surface area contributed by atoms with Crippen LogP contribution in [0.4, 0.5) is 11.6 Å². The second-order valence-corrected chi connectivity index (χ2v) is 7.99. The van der Waals surface area contributed by atoms with Gasteiger partial charge in [-0.15, -0.1) is 0 Å². The molecule has 1 fully saturated rings. The van der Waals surface area contributed by atoms with Crippen LogP contribution in [0.1, 0.15) is 35.7 Å². The van der Waals surface area contributed by atoms with Crippen LogP contribution < -0.4 is 15.4 Å². The number of fused-ring (bicyclic) bond motifs is 1. The lowest BCUT2D eigenvalue weighted by Crippen LogP contribution is -2.43. The number of ether oxygens (including phenoxy) is 1. The molecule has 1 aliphatic rings. The van der Waals surface area contributed by atoms with Crippen molar-refractivity contribution < 1.29 is 9.53 Å². The van der Waals surface area contributed by atoms with Crippen molar-refractivity contribution in [2.75, 3.05) is 32.6 Å². The predicted octanol–water partition coefficient (Wildman–Crippen LogP) is 3.77. The van der Waals surface area contributed by atoms with Crippen LogP contribution in [0, 0.1) is 0 Å². The van der Waals surface area contributed by atoms with Gasteiger partial charge in [0, 0.05) is 23.2 Å². The van der Waals surface area contributed by atoms with E-state index in [1.54, 1.807) is 25.3 Å². The smallest absolute Gasteiger partial charge is 0.251 e. The first-order chi connectivity index (χ1) is 15.1. The molecule has 2 aromatic carbocycles. The number of aryl methyl sites for hydroxylation is 1. The van der Waals surface area contributed by atoms with Gasteiger partial charge in [-0.05, 0) is 63.2 Å². The zero-order valence-electron chi connectivity index (χ0n) is 18.3. The van der Waals surface area contributed by atoms with E-state index in [2.05, 4.69) is 40.6 Å². The van der Waals surface area contributed by atoms with Crippen LogP contribution in [0.3, 0.4) is 0 Å². The molecule has 1 amide bonds. The molecule has 0 radical (unpaired) electrons. The maximum atomic E-state index is 12.8. The van der Waals surface area contributed by atoms with Crippen molar-refractivity contribution in [2.45, 2.75) is 32.2 Å². The van der Waals surface area contributed by atoms with Gasteiger partial charge in [0.05, 0.1) is 18.3 Å². The van der Waals surface area contributed by atoms with Gasteiger partial charge in [0.1, 0.15) is 5.75 Å². The van der Waals surface area contributed by atoms with Gasteiger partial charge in [-0.3, -0.25) is 4.79 Å². The van der Waals surface area contributed by atoms with Gasteiger partial charge in [0.15, 0.2) is 0 Å². The highest BCUT2D eigenvalue weighted by Crippen LogP contribution is 2.29. The fourth-order valence-electron chi connectivity index (χ4n) is 3.95. The average Bonchev–Trinajstić information content (AvgIpc) is 2.80. The van der Waals surface area contributed by atoms with Crippen LogP contribution >= 0.6 is 0 Å². The first kappa shape index (κ1) is 21.1. The Kier molecular flexibility index (Phi) is 6.32. The van der Waals surface area contributed by atoms with E-state index in [1.165, 1.54) is 5.56 Å². The predicted molar refractivity (Wildman–Crippen MR) is 123 cm³/mol. The van der Waals surface area contributed by atoms with Crippen molar-refractivity contribution in [3.8, 4) is 5.75 Å². The van der Waals surface area contributed by atoms with Crippen molar-refractivity contribution in [1.29, 1.82) is 0 Å². The normalized spacial score (nSPS) is 15.1. The van der Waals surface area contributed by atoms with E-state index >= 15 is 0 Å². The lowest BCUT2D eigenvalue weighted by Gasteiger charge is -2.29. The second kappa shape index (κ2) is 9.31. The summed E-state index contributed by atoms with van der Waals surface area (Å²) in [5.74, 6) is 1.02. The fraction of sp³-hybridized carbons (Fsp3) is 0.375. The van der Waals surface area contributed by atoms with E-state index in [9.17, 15) is 4.79 Å².